The molecule has 0 fully saturated rings. The fourth-order valence-corrected chi connectivity index (χ4v) is 1.78. The zero-order chi connectivity index (χ0) is 13.7. The van der Waals surface area contributed by atoms with E-state index in [4.69, 9.17) is 16.9 Å². The molecule has 1 aromatic heterocycles. The van der Waals surface area contributed by atoms with Crippen LogP contribution in [-0.4, -0.2) is 18.1 Å². The van der Waals surface area contributed by atoms with Crippen LogP contribution in [0.1, 0.15) is 28.8 Å². The normalized spacial score (nSPS) is 10.2. The lowest BCUT2D eigenvalue weighted by molar-refractivity contribution is -0.139. The van der Waals surface area contributed by atoms with E-state index in [1.54, 1.807) is 6.07 Å². The van der Waals surface area contributed by atoms with E-state index in [9.17, 15) is 13.6 Å². The number of nitrogens with zero attached hydrogens (tertiary/aromatic N) is 2. The Morgan fingerprint density at radius 1 is 1.67 bits per heavy atom. The molecule has 0 aliphatic carbocycles. The van der Waals surface area contributed by atoms with Crippen LogP contribution in [0, 0.1) is 11.3 Å². The SMILES string of the molecule is COC(=O)Cc1cnc(C#N)c(C(F)F)c1CCl. The molecule has 7 heteroatoms. The van der Waals surface area contributed by atoms with Crippen LogP contribution in [0.25, 0.3) is 0 Å². The number of carbonyl (C=O) groups excluding carboxylic acids is 1. The first-order valence-electron chi connectivity index (χ1n) is 4.86. The monoisotopic (exact) mass is 274 g/mol. The van der Waals surface area contributed by atoms with Gasteiger partial charge in [0.25, 0.3) is 6.43 Å². The molecule has 0 atom stereocenters. The molecule has 0 bridgehead atoms. The second-order valence-electron chi connectivity index (χ2n) is 3.32. The largest absolute Gasteiger partial charge is 0.469 e. The van der Waals surface area contributed by atoms with E-state index in [2.05, 4.69) is 9.72 Å². The number of pyridine rings is 1. The zero-order valence-electron chi connectivity index (χ0n) is 9.41. The zero-order valence-corrected chi connectivity index (χ0v) is 10.2. The molecule has 0 aromatic carbocycles. The fourth-order valence-electron chi connectivity index (χ4n) is 1.47. The molecule has 0 spiro atoms. The van der Waals surface area contributed by atoms with Gasteiger partial charge in [-0.2, -0.15) is 5.26 Å². The van der Waals surface area contributed by atoms with Crippen LogP contribution in [0.15, 0.2) is 6.20 Å². The van der Waals surface area contributed by atoms with Gasteiger partial charge in [0.15, 0.2) is 0 Å². The number of nitriles is 1. The van der Waals surface area contributed by atoms with E-state index in [1.165, 1.54) is 13.3 Å². The van der Waals surface area contributed by atoms with Crippen LogP contribution in [0.3, 0.4) is 0 Å². The molecule has 1 aromatic rings. The first-order chi connectivity index (χ1) is 8.54. The van der Waals surface area contributed by atoms with Crippen LogP contribution in [0.5, 0.6) is 0 Å². The lowest BCUT2D eigenvalue weighted by Gasteiger charge is -2.12. The summed E-state index contributed by atoms with van der Waals surface area (Å²) in [4.78, 5) is 14.7. The molecule has 96 valence electrons. The lowest BCUT2D eigenvalue weighted by Crippen LogP contribution is -2.10. The minimum atomic E-state index is -2.88. The molecule has 0 aliphatic rings. The van der Waals surface area contributed by atoms with E-state index in [1.807, 2.05) is 0 Å². The van der Waals surface area contributed by atoms with Gasteiger partial charge in [0.1, 0.15) is 11.8 Å². The number of carbonyl (C=O) groups is 1. The molecule has 0 radical (unpaired) electrons. The number of hydrogen-bond acceptors (Lipinski definition) is 4. The Bertz CT molecular complexity index is 501. The summed E-state index contributed by atoms with van der Waals surface area (Å²) in [6.07, 6.45) is -1.89. The average Bonchev–Trinajstić information content (AvgIpc) is 2.37. The first-order valence-corrected chi connectivity index (χ1v) is 5.40. The van der Waals surface area contributed by atoms with Crippen LogP contribution in [0.4, 0.5) is 8.78 Å². The maximum Gasteiger partial charge on any atom is 0.310 e. The Morgan fingerprint density at radius 3 is 2.78 bits per heavy atom. The molecule has 1 heterocycles. The number of hydrogen-bond donors (Lipinski definition) is 0. The van der Waals surface area contributed by atoms with Gasteiger partial charge in [-0.25, -0.2) is 13.8 Å². The molecule has 1 rings (SSSR count). The van der Waals surface area contributed by atoms with Crippen molar-refractivity contribution in [2.45, 2.75) is 18.7 Å². The summed E-state index contributed by atoms with van der Waals surface area (Å²) in [6, 6.07) is 1.58. The third-order valence-electron chi connectivity index (χ3n) is 2.34. The van der Waals surface area contributed by atoms with Crippen LogP contribution >= 0.6 is 11.6 Å². The molecule has 0 amide bonds. The van der Waals surface area contributed by atoms with Crippen molar-refractivity contribution < 1.29 is 18.3 Å². The second-order valence-corrected chi connectivity index (χ2v) is 3.59. The van der Waals surface area contributed by atoms with Crippen LogP contribution in [-0.2, 0) is 21.8 Å². The summed E-state index contributed by atoms with van der Waals surface area (Å²) in [5, 5.41) is 8.73. The topological polar surface area (TPSA) is 63.0 Å². The molecule has 4 nitrogen and oxygen atoms in total. The van der Waals surface area contributed by atoms with Gasteiger partial charge in [-0.15, -0.1) is 11.6 Å². The molecule has 0 saturated heterocycles. The maximum atomic E-state index is 12.9. The predicted octanol–water partition coefficient (Wildman–Crippen LogP) is 2.35. The Morgan fingerprint density at radius 2 is 2.33 bits per heavy atom. The number of methoxy groups -OCH3 is 1. The quantitative estimate of drug-likeness (QED) is 0.624. The minimum absolute atomic E-state index is 0.0589. The lowest BCUT2D eigenvalue weighted by atomic mass is 10.0. The molecule has 0 saturated carbocycles. The highest BCUT2D eigenvalue weighted by atomic mass is 35.5. The summed E-state index contributed by atoms with van der Waals surface area (Å²) in [6.45, 7) is 0. The Balaban J connectivity index is 3.34. The Hall–Kier alpha value is -1.74. The molecule has 18 heavy (non-hydrogen) atoms. The number of ether oxygens (including phenoxy) is 1. The van der Waals surface area contributed by atoms with Gasteiger partial charge < -0.3 is 4.74 Å². The Labute approximate surface area is 107 Å². The van der Waals surface area contributed by atoms with E-state index < -0.39 is 18.0 Å². The van der Waals surface area contributed by atoms with Crippen molar-refractivity contribution in [3.8, 4) is 6.07 Å². The summed E-state index contributed by atoms with van der Waals surface area (Å²) < 4.78 is 30.2. The standard InChI is InChI=1S/C11H9ClF2N2O2/c1-18-9(17)2-6-5-16-8(4-15)10(11(13)14)7(6)3-12/h5,11H,2-3H2,1H3. The minimum Gasteiger partial charge on any atom is -0.469 e. The van der Waals surface area contributed by atoms with Crippen molar-refractivity contribution in [1.82, 2.24) is 4.98 Å². The summed E-state index contributed by atoms with van der Waals surface area (Å²) in [7, 11) is 1.19. The number of rotatable bonds is 4. The summed E-state index contributed by atoms with van der Waals surface area (Å²) >= 11 is 5.61. The van der Waals surface area contributed by atoms with Gasteiger partial charge in [-0.05, 0) is 11.1 Å². The molecule has 0 N–H and O–H groups in total. The molecule has 0 unspecified atom stereocenters. The summed E-state index contributed by atoms with van der Waals surface area (Å²) in [5.41, 5.74) is -0.599. The molecule has 0 aliphatic heterocycles. The smallest absolute Gasteiger partial charge is 0.310 e. The highest BCUT2D eigenvalue weighted by Crippen LogP contribution is 2.29. The fraction of sp³-hybridized carbons (Fsp3) is 0.364. The van der Waals surface area contributed by atoms with Crippen molar-refractivity contribution in [2.24, 2.45) is 0 Å². The van der Waals surface area contributed by atoms with E-state index >= 15 is 0 Å². The second kappa shape index (κ2) is 6.26. The van der Waals surface area contributed by atoms with Crippen molar-refractivity contribution in [2.75, 3.05) is 7.11 Å². The van der Waals surface area contributed by atoms with Crippen molar-refractivity contribution in [3.63, 3.8) is 0 Å². The van der Waals surface area contributed by atoms with Gasteiger partial charge in [-0.1, -0.05) is 0 Å². The number of alkyl halides is 3. The van der Waals surface area contributed by atoms with E-state index in [0.29, 0.717) is 0 Å². The van der Waals surface area contributed by atoms with Crippen LogP contribution < -0.4 is 0 Å². The molecular formula is C11H9ClF2N2O2. The number of esters is 1. The highest BCUT2D eigenvalue weighted by Gasteiger charge is 2.22. The van der Waals surface area contributed by atoms with Crippen molar-refractivity contribution >= 4 is 17.6 Å². The van der Waals surface area contributed by atoms with E-state index in [0.717, 1.165) is 0 Å². The van der Waals surface area contributed by atoms with Gasteiger partial charge in [0.2, 0.25) is 0 Å². The third-order valence-corrected chi connectivity index (χ3v) is 2.60. The Kier molecular flexibility index (Phi) is 4.98. The average molecular weight is 275 g/mol. The molecular weight excluding hydrogens is 266 g/mol. The third kappa shape index (κ3) is 2.93. The predicted molar refractivity (Wildman–Crippen MR) is 59.2 cm³/mol. The van der Waals surface area contributed by atoms with Gasteiger partial charge >= 0.3 is 5.97 Å². The first kappa shape index (κ1) is 14.3. The van der Waals surface area contributed by atoms with Gasteiger partial charge in [-0.3, -0.25) is 4.79 Å². The number of aromatic nitrogens is 1. The van der Waals surface area contributed by atoms with Crippen molar-refractivity contribution in [3.05, 3.63) is 28.6 Å². The highest BCUT2D eigenvalue weighted by molar-refractivity contribution is 6.17. The maximum absolute atomic E-state index is 12.9. The number of halogens is 3. The van der Waals surface area contributed by atoms with E-state index in [-0.39, 0.29) is 29.1 Å². The van der Waals surface area contributed by atoms with Gasteiger partial charge in [0.05, 0.1) is 19.1 Å². The van der Waals surface area contributed by atoms with Crippen LogP contribution in [0.2, 0.25) is 0 Å². The summed E-state index contributed by atoms with van der Waals surface area (Å²) in [5.74, 6) is -0.823. The van der Waals surface area contributed by atoms with Gasteiger partial charge in [0, 0.05) is 12.1 Å². The van der Waals surface area contributed by atoms with Crippen molar-refractivity contribution in [1.29, 1.82) is 5.26 Å².